The number of methoxy groups -OCH3 is 1. The lowest BCUT2D eigenvalue weighted by Crippen LogP contribution is -2.16. The summed E-state index contributed by atoms with van der Waals surface area (Å²) in [7, 11) is 1.39. The fraction of sp³-hybridized carbons (Fsp3) is 0.636. The van der Waals surface area contributed by atoms with E-state index in [1.807, 2.05) is 0 Å². The third-order valence-corrected chi connectivity index (χ3v) is 4.45. The summed E-state index contributed by atoms with van der Waals surface area (Å²) in [5, 5.41) is 0. The number of hydrogen-bond acceptors (Lipinski definition) is 7. The van der Waals surface area contributed by atoms with Crippen molar-refractivity contribution in [2.24, 2.45) is 0 Å². The Morgan fingerprint density at radius 2 is 1.41 bits per heavy atom. The van der Waals surface area contributed by atoms with Crippen LogP contribution >= 0.6 is 0 Å². The molecule has 0 spiro atoms. The molecule has 0 fully saturated rings. The Bertz CT molecular complexity index is 632. The summed E-state index contributed by atoms with van der Waals surface area (Å²) in [6.45, 7) is 4.80. The number of carbonyl (C=O) groups is 2. The van der Waals surface area contributed by atoms with Gasteiger partial charge in [0.25, 0.3) is 0 Å². The summed E-state index contributed by atoms with van der Waals surface area (Å²) in [6.07, 6.45) is 8.21. The molecule has 0 atom stereocenters. The van der Waals surface area contributed by atoms with Crippen molar-refractivity contribution in [1.82, 2.24) is 0 Å². The summed E-state index contributed by atoms with van der Waals surface area (Å²) in [5.74, 6) is -0.575. The molecule has 7 heteroatoms. The van der Waals surface area contributed by atoms with E-state index in [1.54, 1.807) is 0 Å². The highest BCUT2D eigenvalue weighted by Crippen LogP contribution is 2.37. The zero-order valence-corrected chi connectivity index (χ0v) is 18.0. The fourth-order valence-corrected chi connectivity index (χ4v) is 2.80. The van der Waals surface area contributed by atoms with Crippen LogP contribution in [0.3, 0.4) is 0 Å². The van der Waals surface area contributed by atoms with Crippen LogP contribution in [0.5, 0.6) is 11.5 Å². The van der Waals surface area contributed by atoms with Crippen molar-refractivity contribution in [2.75, 3.05) is 26.1 Å². The molecule has 0 aliphatic rings. The number of benzene rings is 1. The molecule has 0 aliphatic carbocycles. The molecule has 0 unspecified atom stereocenters. The minimum Gasteiger partial charge on any atom is -0.491 e. The number of esters is 1. The third kappa shape index (κ3) is 9.07. The zero-order valence-electron chi connectivity index (χ0n) is 18.0. The molecule has 0 bridgehead atoms. The maximum atomic E-state index is 12.5. The van der Waals surface area contributed by atoms with Gasteiger partial charge in [0, 0.05) is 0 Å². The van der Waals surface area contributed by atoms with Gasteiger partial charge in [-0.05, 0) is 25.0 Å². The van der Waals surface area contributed by atoms with E-state index in [0.717, 1.165) is 57.8 Å². The second-order valence-electron chi connectivity index (χ2n) is 6.88. The number of nitrogens with two attached hydrogens (primary N) is 1. The van der Waals surface area contributed by atoms with Gasteiger partial charge in [0.1, 0.15) is 5.56 Å². The van der Waals surface area contributed by atoms with E-state index in [2.05, 4.69) is 13.8 Å². The fourth-order valence-electron chi connectivity index (χ4n) is 2.80. The highest BCUT2D eigenvalue weighted by Gasteiger charge is 2.24. The van der Waals surface area contributed by atoms with E-state index in [0.29, 0.717) is 6.61 Å². The molecule has 0 aliphatic heterocycles. The summed E-state index contributed by atoms with van der Waals surface area (Å²) in [6, 6.07) is 2.97. The molecule has 164 valence electrons. The molecule has 1 aromatic rings. The second-order valence-corrected chi connectivity index (χ2v) is 6.88. The highest BCUT2D eigenvalue weighted by atomic mass is 16.7. The number of hydrogen-bond donors (Lipinski definition) is 1. The Balaban J connectivity index is 2.71. The van der Waals surface area contributed by atoms with Crippen molar-refractivity contribution in [3.05, 3.63) is 17.7 Å². The number of rotatable bonds is 14. The minimum atomic E-state index is -0.901. The first-order valence-electron chi connectivity index (χ1n) is 10.5. The number of carbonyl (C=O) groups excluding carboxylic acids is 2. The average Bonchev–Trinajstić information content (AvgIpc) is 2.70. The van der Waals surface area contributed by atoms with Crippen molar-refractivity contribution in [3.63, 3.8) is 0 Å². The van der Waals surface area contributed by atoms with Crippen LogP contribution in [0.1, 0.15) is 82.0 Å². The molecule has 1 aromatic carbocycles. The van der Waals surface area contributed by atoms with Crippen molar-refractivity contribution >= 4 is 17.8 Å². The van der Waals surface area contributed by atoms with Crippen LogP contribution < -0.4 is 15.2 Å². The maximum Gasteiger partial charge on any atom is 0.514 e. The summed E-state index contributed by atoms with van der Waals surface area (Å²) in [5.41, 5.74) is 6.21. The topological polar surface area (TPSA) is 97.1 Å². The summed E-state index contributed by atoms with van der Waals surface area (Å²) >= 11 is 0. The molecule has 0 saturated carbocycles. The van der Waals surface area contributed by atoms with Gasteiger partial charge in [0.15, 0.2) is 11.5 Å². The smallest absolute Gasteiger partial charge is 0.491 e. The van der Waals surface area contributed by atoms with Crippen LogP contribution in [0, 0.1) is 0 Å². The number of nitrogen functional groups attached to an aromatic ring is 1. The summed E-state index contributed by atoms with van der Waals surface area (Å²) < 4.78 is 20.9. The van der Waals surface area contributed by atoms with Gasteiger partial charge in [0.2, 0.25) is 0 Å². The highest BCUT2D eigenvalue weighted by molar-refractivity contribution is 5.95. The van der Waals surface area contributed by atoms with Gasteiger partial charge in [-0.1, -0.05) is 58.8 Å². The van der Waals surface area contributed by atoms with Crippen LogP contribution in [0.15, 0.2) is 12.1 Å². The molecule has 0 amide bonds. The molecule has 0 aromatic heterocycles. The predicted molar refractivity (Wildman–Crippen MR) is 113 cm³/mol. The summed E-state index contributed by atoms with van der Waals surface area (Å²) in [4.78, 5) is 24.6. The first kappa shape index (κ1) is 24.6. The molecular formula is C22H35NO6. The molecule has 29 heavy (non-hydrogen) atoms. The van der Waals surface area contributed by atoms with Crippen molar-refractivity contribution in [1.29, 1.82) is 0 Å². The Hall–Kier alpha value is -2.44. The first-order valence-corrected chi connectivity index (χ1v) is 10.5. The van der Waals surface area contributed by atoms with E-state index in [4.69, 9.17) is 24.7 Å². The molecule has 2 N–H and O–H groups in total. The lowest BCUT2D eigenvalue weighted by molar-refractivity contribution is 0.0491. The Kier molecular flexibility index (Phi) is 12.3. The number of ether oxygens (including phenoxy) is 4. The molecule has 0 heterocycles. The van der Waals surface area contributed by atoms with Crippen molar-refractivity contribution < 1.29 is 28.5 Å². The maximum absolute atomic E-state index is 12.5. The van der Waals surface area contributed by atoms with Crippen LogP contribution in [0.4, 0.5) is 10.5 Å². The molecular weight excluding hydrogens is 374 g/mol. The van der Waals surface area contributed by atoms with Gasteiger partial charge in [-0.25, -0.2) is 9.59 Å². The predicted octanol–water partition coefficient (Wildman–Crippen LogP) is 5.50. The van der Waals surface area contributed by atoms with Gasteiger partial charge >= 0.3 is 12.1 Å². The first-order chi connectivity index (χ1) is 14.0. The lowest BCUT2D eigenvalue weighted by Gasteiger charge is -2.15. The van der Waals surface area contributed by atoms with Crippen molar-refractivity contribution in [2.45, 2.75) is 71.6 Å². The van der Waals surface area contributed by atoms with Gasteiger partial charge in [-0.3, -0.25) is 0 Å². The number of unbranched alkanes of at least 4 members (excludes halogenated alkanes) is 7. The molecule has 1 rings (SSSR count). The van der Waals surface area contributed by atoms with Gasteiger partial charge in [0.05, 0.1) is 26.0 Å². The largest absolute Gasteiger partial charge is 0.514 e. The Morgan fingerprint density at radius 1 is 0.828 bits per heavy atom. The van der Waals surface area contributed by atoms with E-state index in [1.165, 1.54) is 19.2 Å². The normalized spacial score (nSPS) is 10.4. The second kappa shape index (κ2) is 14.5. The molecule has 7 nitrogen and oxygen atoms in total. The Morgan fingerprint density at radius 3 is 2.03 bits per heavy atom. The van der Waals surface area contributed by atoms with Crippen LogP contribution in [-0.2, 0) is 9.47 Å². The van der Waals surface area contributed by atoms with Crippen LogP contribution in [0.25, 0.3) is 0 Å². The van der Waals surface area contributed by atoms with E-state index < -0.39 is 12.1 Å². The standard InChI is InChI=1S/C22H35NO6/c1-4-6-8-10-12-16-28-22(25)29-19-17(13-14-18(23)20(19)26-3)21(24)27-15-11-9-7-5-2/h13-14H,4-12,15-16,23H2,1-3H3. The third-order valence-electron chi connectivity index (χ3n) is 4.45. The zero-order chi connectivity index (χ0) is 21.5. The monoisotopic (exact) mass is 409 g/mol. The minimum absolute atomic E-state index is 0.0754. The van der Waals surface area contributed by atoms with E-state index in [-0.39, 0.29) is 29.4 Å². The molecule has 0 saturated heterocycles. The average molecular weight is 410 g/mol. The SMILES string of the molecule is CCCCCCCOC(=O)Oc1c(C(=O)OCCCCCC)ccc(N)c1OC. The van der Waals surface area contributed by atoms with Crippen LogP contribution in [-0.4, -0.2) is 32.4 Å². The quantitative estimate of drug-likeness (QED) is 0.187. The van der Waals surface area contributed by atoms with E-state index in [9.17, 15) is 9.59 Å². The number of anilines is 1. The van der Waals surface area contributed by atoms with E-state index >= 15 is 0 Å². The van der Waals surface area contributed by atoms with Gasteiger partial charge < -0.3 is 24.7 Å². The van der Waals surface area contributed by atoms with Gasteiger partial charge in [-0.15, -0.1) is 0 Å². The molecule has 0 radical (unpaired) electrons. The van der Waals surface area contributed by atoms with Gasteiger partial charge in [-0.2, -0.15) is 0 Å². The van der Waals surface area contributed by atoms with Crippen LogP contribution in [0.2, 0.25) is 0 Å². The Labute approximate surface area is 173 Å². The lowest BCUT2D eigenvalue weighted by atomic mass is 10.1. The van der Waals surface area contributed by atoms with Crippen molar-refractivity contribution in [3.8, 4) is 11.5 Å².